The highest BCUT2D eigenvalue weighted by molar-refractivity contribution is 5.63. The maximum atomic E-state index is 9.41. The number of aromatic hydroxyl groups is 1. The van der Waals surface area contributed by atoms with Crippen LogP contribution in [0.25, 0.3) is 0 Å². The van der Waals surface area contributed by atoms with E-state index in [4.69, 9.17) is 10.1 Å². The summed E-state index contributed by atoms with van der Waals surface area (Å²) in [6.45, 7) is 4.61. The summed E-state index contributed by atoms with van der Waals surface area (Å²) in [6, 6.07) is 5.30. The molecule has 16 heavy (non-hydrogen) atoms. The molecule has 3 heteroatoms. The largest absolute Gasteiger partial charge is 0.508 e. The van der Waals surface area contributed by atoms with E-state index in [1.54, 1.807) is 12.1 Å². The second-order valence-corrected chi connectivity index (χ2v) is 3.86. The third-order valence-corrected chi connectivity index (χ3v) is 2.50. The molecular weight excluding hydrogens is 202 g/mol. The summed E-state index contributed by atoms with van der Waals surface area (Å²) in [5.74, 6) is 0.279. The van der Waals surface area contributed by atoms with Crippen LogP contribution in [-0.4, -0.2) is 17.9 Å². The number of hydrogen-bond donors (Lipinski definition) is 2. The van der Waals surface area contributed by atoms with Gasteiger partial charge in [0, 0.05) is 12.8 Å². The first kappa shape index (κ1) is 12.7. The van der Waals surface area contributed by atoms with Gasteiger partial charge in [-0.05, 0) is 36.6 Å². The Labute approximate surface area is 96.6 Å². The molecule has 1 unspecified atom stereocenters. The fourth-order valence-electron chi connectivity index (χ4n) is 1.45. The molecule has 0 bridgehead atoms. The third kappa shape index (κ3) is 3.35. The molecule has 0 aliphatic carbocycles. The second kappa shape index (κ2) is 6.28. The number of phenolic OH excluding ortho intramolecular Hbond substituents is 1. The summed E-state index contributed by atoms with van der Waals surface area (Å²) in [5.41, 5.74) is 1.73. The van der Waals surface area contributed by atoms with Crippen LogP contribution in [0.15, 0.2) is 18.2 Å². The molecule has 0 aromatic heterocycles. The Balaban J connectivity index is 2.71. The lowest BCUT2D eigenvalue weighted by Crippen LogP contribution is -2.06. The minimum absolute atomic E-state index is 0.279. The van der Waals surface area contributed by atoms with Gasteiger partial charge in [-0.3, -0.25) is 0 Å². The van der Waals surface area contributed by atoms with Crippen molar-refractivity contribution in [2.75, 3.05) is 6.61 Å². The molecular formula is C13H19NO2. The monoisotopic (exact) mass is 221 g/mol. The van der Waals surface area contributed by atoms with Gasteiger partial charge >= 0.3 is 0 Å². The molecule has 2 N–H and O–H groups in total. The Hall–Kier alpha value is -1.35. The van der Waals surface area contributed by atoms with Crippen LogP contribution in [0.3, 0.4) is 0 Å². The van der Waals surface area contributed by atoms with E-state index < -0.39 is 0 Å². The Kier molecular flexibility index (Phi) is 4.99. The zero-order chi connectivity index (χ0) is 12.0. The Bertz CT molecular complexity index is 350. The maximum absolute atomic E-state index is 9.41. The average Bonchev–Trinajstić information content (AvgIpc) is 2.29. The molecule has 0 aliphatic heterocycles. The molecule has 0 heterocycles. The molecule has 0 fully saturated rings. The van der Waals surface area contributed by atoms with Gasteiger partial charge in [0.15, 0.2) is 0 Å². The van der Waals surface area contributed by atoms with Crippen molar-refractivity contribution in [1.82, 2.24) is 0 Å². The molecule has 1 aromatic rings. The molecule has 0 saturated carbocycles. The maximum Gasteiger partial charge on any atom is 0.118 e. The van der Waals surface area contributed by atoms with Gasteiger partial charge in [0.2, 0.25) is 0 Å². The first-order chi connectivity index (χ1) is 7.69. The van der Waals surface area contributed by atoms with E-state index in [9.17, 15) is 5.11 Å². The molecule has 88 valence electrons. The lowest BCUT2D eigenvalue weighted by Gasteiger charge is -2.14. The van der Waals surface area contributed by atoms with Gasteiger partial charge < -0.3 is 15.3 Å². The number of aryl methyl sites for hydroxylation is 1. The smallest absolute Gasteiger partial charge is 0.118 e. The fraction of sp³-hybridized carbons (Fsp3) is 0.462. The van der Waals surface area contributed by atoms with Gasteiger partial charge in [0.25, 0.3) is 0 Å². The van der Waals surface area contributed by atoms with Gasteiger partial charge in [0.05, 0.1) is 0 Å². The predicted molar refractivity (Wildman–Crippen MR) is 65.2 cm³/mol. The Morgan fingerprint density at radius 3 is 2.81 bits per heavy atom. The summed E-state index contributed by atoms with van der Waals surface area (Å²) in [5, 5.41) is 16.8. The van der Waals surface area contributed by atoms with E-state index in [1.165, 1.54) is 6.21 Å². The molecule has 0 aliphatic rings. The predicted octanol–water partition coefficient (Wildman–Crippen LogP) is 3.21. The zero-order valence-electron chi connectivity index (χ0n) is 9.86. The number of benzene rings is 1. The van der Waals surface area contributed by atoms with E-state index in [1.807, 2.05) is 13.0 Å². The van der Waals surface area contributed by atoms with Crippen LogP contribution in [-0.2, 0) is 4.74 Å². The Morgan fingerprint density at radius 1 is 1.50 bits per heavy atom. The highest BCUT2D eigenvalue weighted by atomic mass is 16.5. The van der Waals surface area contributed by atoms with Gasteiger partial charge in [-0.15, -0.1) is 0 Å². The molecule has 0 saturated heterocycles. The van der Waals surface area contributed by atoms with Gasteiger partial charge in [0.1, 0.15) is 11.9 Å². The van der Waals surface area contributed by atoms with E-state index in [0.717, 1.165) is 24.0 Å². The van der Waals surface area contributed by atoms with Gasteiger partial charge in [-0.25, -0.2) is 0 Å². The SMILES string of the molecule is CCCCOC(C=N)c1ccc(O)c(C)c1. The molecule has 1 aromatic carbocycles. The number of nitrogens with one attached hydrogen (secondary N) is 1. The Morgan fingerprint density at radius 2 is 2.25 bits per heavy atom. The second-order valence-electron chi connectivity index (χ2n) is 3.86. The van der Waals surface area contributed by atoms with Crippen LogP contribution in [0.4, 0.5) is 0 Å². The van der Waals surface area contributed by atoms with Crippen molar-refractivity contribution in [3.05, 3.63) is 29.3 Å². The van der Waals surface area contributed by atoms with E-state index >= 15 is 0 Å². The van der Waals surface area contributed by atoms with Crippen LogP contribution in [0.1, 0.15) is 37.0 Å². The molecule has 0 amide bonds. The minimum Gasteiger partial charge on any atom is -0.508 e. The van der Waals surface area contributed by atoms with Crippen LogP contribution >= 0.6 is 0 Å². The van der Waals surface area contributed by atoms with E-state index in [2.05, 4.69) is 6.92 Å². The number of unbranched alkanes of at least 4 members (excludes halogenated alkanes) is 1. The molecule has 1 rings (SSSR count). The zero-order valence-corrected chi connectivity index (χ0v) is 9.86. The van der Waals surface area contributed by atoms with Crippen molar-refractivity contribution in [2.45, 2.75) is 32.8 Å². The topological polar surface area (TPSA) is 53.3 Å². The van der Waals surface area contributed by atoms with Gasteiger partial charge in [-0.1, -0.05) is 19.4 Å². The number of ether oxygens (including phenoxy) is 1. The normalized spacial score (nSPS) is 12.4. The highest BCUT2D eigenvalue weighted by Crippen LogP contribution is 2.22. The number of rotatable bonds is 6. The number of hydrogen-bond acceptors (Lipinski definition) is 3. The van der Waals surface area contributed by atoms with Crippen LogP contribution in [0.5, 0.6) is 5.75 Å². The summed E-state index contributed by atoms with van der Waals surface area (Å²) < 4.78 is 5.59. The summed E-state index contributed by atoms with van der Waals surface area (Å²) >= 11 is 0. The summed E-state index contributed by atoms with van der Waals surface area (Å²) in [7, 11) is 0. The van der Waals surface area contributed by atoms with Crippen molar-refractivity contribution < 1.29 is 9.84 Å². The molecule has 0 spiro atoms. The van der Waals surface area contributed by atoms with Crippen LogP contribution in [0.2, 0.25) is 0 Å². The minimum atomic E-state index is -0.300. The van der Waals surface area contributed by atoms with Crippen LogP contribution in [0, 0.1) is 12.3 Å². The van der Waals surface area contributed by atoms with Gasteiger partial charge in [-0.2, -0.15) is 0 Å². The molecule has 3 nitrogen and oxygen atoms in total. The van der Waals surface area contributed by atoms with Crippen molar-refractivity contribution in [3.63, 3.8) is 0 Å². The lowest BCUT2D eigenvalue weighted by molar-refractivity contribution is 0.0982. The third-order valence-electron chi connectivity index (χ3n) is 2.50. The average molecular weight is 221 g/mol. The number of phenols is 1. The highest BCUT2D eigenvalue weighted by Gasteiger charge is 2.09. The first-order valence-electron chi connectivity index (χ1n) is 5.60. The van der Waals surface area contributed by atoms with Crippen molar-refractivity contribution >= 4 is 6.21 Å². The summed E-state index contributed by atoms with van der Waals surface area (Å²) in [6.07, 6.45) is 3.08. The first-order valence-corrected chi connectivity index (χ1v) is 5.60. The van der Waals surface area contributed by atoms with Crippen molar-refractivity contribution in [1.29, 1.82) is 5.41 Å². The van der Waals surface area contributed by atoms with Crippen LogP contribution < -0.4 is 0 Å². The standard InChI is InChI=1S/C13H19NO2/c1-3-4-7-16-13(9-14)11-5-6-12(15)10(2)8-11/h5-6,8-9,13-15H,3-4,7H2,1-2H3. The van der Waals surface area contributed by atoms with E-state index in [0.29, 0.717) is 6.61 Å². The lowest BCUT2D eigenvalue weighted by atomic mass is 10.1. The van der Waals surface area contributed by atoms with Crippen molar-refractivity contribution in [3.8, 4) is 5.75 Å². The molecule has 0 radical (unpaired) electrons. The summed E-state index contributed by atoms with van der Waals surface area (Å²) in [4.78, 5) is 0. The van der Waals surface area contributed by atoms with Crippen molar-refractivity contribution in [2.24, 2.45) is 0 Å². The fourth-order valence-corrected chi connectivity index (χ4v) is 1.45. The van der Waals surface area contributed by atoms with E-state index in [-0.39, 0.29) is 11.9 Å². The molecule has 1 atom stereocenters. The quantitative estimate of drug-likeness (QED) is 0.572.